The molecule has 2 aromatic rings. The Morgan fingerprint density at radius 1 is 0.710 bits per heavy atom. The number of aliphatic hydroxyl groups is 1. The van der Waals surface area contributed by atoms with Crippen LogP contribution in [-0.4, -0.2) is 17.1 Å². The van der Waals surface area contributed by atoms with Crippen molar-refractivity contribution in [3.05, 3.63) is 76.0 Å². The quantitative estimate of drug-likeness (QED) is 0.268. The van der Waals surface area contributed by atoms with Gasteiger partial charge in [-0.15, -0.1) is 0 Å². The highest BCUT2D eigenvalue weighted by Crippen LogP contribution is 2.32. The summed E-state index contributed by atoms with van der Waals surface area (Å²) in [6, 6.07) is 12.2. The van der Waals surface area contributed by atoms with E-state index in [1.807, 2.05) is 36.4 Å². The van der Waals surface area contributed by atoms with E-state index in [2.05, 4.69) is 60.4 Å². The Morgan fingerprint density at radius 3 is 1.42 bits per heavy atom. The summed E-state index contributed by atoms with van der Waals surface area (Å²) >= 11 is 0. The first-order valence-electron chi connectivity index (χ1n) is 11.3. The first-order chi connectivity index (χ1) is 14.6. The second-order valence-corrected chi connectivity index (χ2v) is 9.40. The van der Waals surface area contributed by atoms with Crippen LogP contribution in [0.1, 0.15) is 117 Å². The zero-order valence-electron chi connectivity index (χ0n) is 20.2. The van der Waals surface area contributed by atoms with E-state index in [-0.39, 0.29) is 35.2 Å². The SMILES string of the molecule is CC(C)c1cccc(C(C)C)c1C(=O)C=N/C=C(\O)c1c(C(C)C)cccc1C(C)C. The van der Waals surface area contributed by atoms with Gasteiger partial charge >= 0.3 is 0 Å². The van der Waals surface area contributed by atoms with E-state index in [1.54, 1.807) is 0 Å². The molecule has 0 unspecified atom stereocenters. The minimum absolute atomic E-state index is 0.0956. The van der Waals surface area contributed by atoms with E-state index in [0.717, 1.165) is 33.4 Å². The molecular weight excluding hydrogens is 382 g/mol. The van der Waals surface area contributed by atoms with Gasteiger partial charge in [-0.1, -0.05) is 91.8 Å². The molecule has 3 nitrogen and oxygen atoms in total. The largest absolute Gasteiger partial charge is 0.506 e. The highest BCUT2D eigenvalue weighted by molar-refractivity contribution is 6.36. The van der Waals surface area contributed by atoms with Gasteiger partial charge in [0.25, 0.3) is 0 Å². The first kappa shape index (κ1) is 24.6. The molecular formula is C28H37NO2. The van der Waals surface area contributed by atoms with Crippen LogP contribution in [0.3, 0.4) is 0 Å². The van der Waals surface area contributed by atoms with Gasteiger partial charge in [-0.3, -0.25) is 9.79 Å². The highest BCUT2D eigenvalue weighted by atomic mass is 16.3. The summed E-state index contributed by atoms with van der Waals surface area (Å²) in [7, 11) is 0. The number of nitrogens with zero attached hydrogens (tertiary/aromatic N) is 1. The van der Waals surface area contributed by atoms with Gasteiger partial charge in [0.15, 0.2) is 0 Å². The fraction of sp³-hybridized carbons (Fsp3) is 0.429. The Hall–Kier alpha value is -2.68. The maximum atomic E-state index is 13.1. The number of hydrogen-bond donors (Lipinski definition) is 1. The first-order valence-corrected chi connectivity index (χ1v) is 11.3. The number of carbonyl (C=O) groups excluding carboxylic acids is 1. The molecule has 2 aromatic carbocycles. The molecule has 0 spiro atoms. The van der Waals surface area contributed by atoms with Gasteiger partial charge in [-0.2, -0.15) is 0 Å². The molecule has 0 amide bonds. The molecule has 0 radical (unpaired) electrons. The van der Waals surface area contributed by atoms with Gasteiger partial charge in [0.1, 0.15) is 5.76 Å². The Balaban J connectivity index is 2.47. The monoisotopic (exact) mass is 419 g/mol. The molecule has 0 saturated heterocycles. The predicted octanol–water partition coefficient (Wildman–Crippen LogP) is 7.99. The number of rotatable bonds is 8. The average molecular weight is 420 g/mol. The Bertz CT molecular complexity index is 926. The van der Waals surface area contributed by atoms with E-state index < -0.39 is 0 Å². The fourth-order valence-corrected chi connectivity index (χ4v) is 3.99. The molecule has 0 atom stereocenters. The topological polar surface area (TPSA) is 49.7 Å². The van der Waals surface area contributed by atoms with Crippen LogP contribution >= 0.6 is 0 Å². The predicted molar refractivity (Wildman–Crippen MR) is 133 cm³/mol. The molecule has 0 aliphatic heterocycles. The molecule has 0 fully saturated rings. The molecule has 0 saturated carbocycles. The molecule has 0 aromatic heterocycles. The second-order valence-electron chi connectivity index (χ2n) is 9.40. The molecule has 166 valence electrons. The molecule has 0 aliphatic rings. The summed E-state index contributed by atoms with van der Waals surface area (Å²) in [4.78, 5) is 17.3. The number of Topliss-reactive ketones (excluding diaryl/α,β-unsaturated/α-hetero) is 1. The Kier molecular flexibility index (Phi) is 8.38. The zero-order valence-corrected chi connectivity index (χ0v) is 20.2. The van der Waals surface area contributed by atoms with Crippen molar-refractivity contribution in [2.75, 3.05) is 0 Å². The van der Waals surface area contributed by atoms with Gasteiger partial charge in [-0.25, -0.2) is 0 Å². The van der Waals surface area contributed by atoms with Crippen molar-refractivity contribution in [3.8, 4) is 0 Å². The van der Waals surface area contributed by atoms with Crippen LogP contribution in [-0.2, 0) is 0 Å². The normalized spacial score (nSPS) is 12.7. The third-order valence-electron chi connectivity index (χ3n) is 5.64. The number of benzene rings is 2. The van der Waals surface area contributed by atoms with Crippen LogP contribution in [0.4, 0.5) is 0 Å². The van der Waals surface area contributed by atoms with Crippen molar-refractivity contribution < 1.29 is 9.90 Å². The van der Waals surface area contributed by atoms with Gasteiger partial charge < -0.3 is 5.11 Å². The second kappa shape index (κ2) is 10.6. The van der Waals surface area contributed by atoms with Crippen LogP contribution < -0.4 is 0 Å². The minimum atomic E-state index is -0.127. The number of aliphatic imine (C=N–C) groups is 1. The van der Waals surface area contributed by atoms with Crippen LogP contribution in [0, 0.1) is 0 Å². The van der Waals surface area contributed by atoms with Crippen molar-refractivity contribution in [2.45, 2.75) is 79.1 Å². The van der Waals surface area contributed by atoms with Crippen LogP contribution in [0.5, 0.6) is 0 Å². The maximum Gasteiger partial charge on any atom is 0.204 e. The van der Waals surface area contributed by atoms with Crippen molar-refractivity contribution in [2.24, 2.45) is 4.99 Å². The third kappa shape index (κ3) is 5.72. The van der Waals surface area contributed by atoms with E-state index in [4.69, 9.17) is 0 Å². The summed E-state index contributed by atoms with van der Waals surface area (Å²) in [5.74, 6) is 0.974. The molecule has 3 heteroatoms. The summed E-state index contributed by atoms with van der Waals surface area (Å²) in [5, 5.41) is 10.9. The van der Waals surface area contributed by atoms with E-state index in [9.17, 15) is 9.90 Å². The highest BCUT2D eigenvalue weighted by Gasteiger charge is 2.19. The van der Waals surface area contributed by atoms with E-state index in [1.165, 1.54) is 12.4 Å². The molecule has 0 aliphatic carbocycles. The van der Waals surface area contributed by atoms with Crippen molar-refractivity contribution >= 4 is 17.8 Å². The van der Waals surface area contributed by atoms with Gasteiger partial charge in [0.2, 0.25) is 5.78 Å². The molecule has 0 bridgehead atoms. The lowest BCUT2D eigenvalue weighted by molar-refractivity contribution is 0.106. The molecule has 2 rings (SSSR count). The summed E-state index contributed by atoms with van der Waals surface area (Å²) < 4.78 is 0. The third-order valence-corrected chi connectivity index (χ3v) is 5.64. The van der Waals surface area contributed by atoms with Crippen molar-refractivity contribution in [1.29, 1.82) is 0 Å². The minimum Gasteiger partial charge on any atom is -0.506 e. The van der Waals surface area contributed by atoms with Gasteiger partial charge in [0, 0.05) is 11.1 Å². The lowest BCUT2D eigenvalue weighted by atomic mass is 9.87. The number of carbonyl (C=O) groups is 1. The molecule has 31 heavy (non-hydrogen) atoms. The van der Waals surface area contributed by atoms with Crippen LogP contribution in [0.15, 0.2) is 47.6 Å². The van der Waals surface area contributed by atoms with Crippen molar-refractivity contribution in [3.63, 3.8) is 0 Å². The van der Waals surface area contributed by atoms with Gasteiger partial charge in [-0.05, 0) is 45.9 Å². The summed E-state index contributed by atoms with van der Waals surface area (Å²) in [5.41, 5.74) is 5.77. The summed E-state index contributed by atoms with van der Waals surface area (Å²) in [6.45, 7) is 16.8. The molecule has 1 N–H and O–H groups in total. The summed E-state index contributed by atoms with van der Waals surface area (Å²) in [6.07, 6.45) is 2.73. The van der Waals surface area contributed by atoms with Crippen molar-refractivity contribution in [1.82, 2.24) is 0 Å². The van der Waals surface area contributed by atoms with Crippen LogP contribution in [0.25, 0.3) is 5.76 Å². The maximum absolute atomic E-state index is 13.1. The van der Waals surface area contributed by atoms with E-state index in [0.29, 0.717) is 0 Å². The Morgan fingerprint density at radius 2 is 1.06 bits per heavy atom. The fourth-order valence-electron chi connectivity index (χ4n) is 3.99. The lowest BCUT2D eigenvalue weighted by Gasteiger charge is -2.18. The van der Waals surface area contributed by atoms with Gasteiger partial charge in [0.05, 0.1) is 12.4 Å². The Labute approximate surface area is 187 Å². The number of ketones is 1. The molecule has 0 heterocycles. The van der Waals surface area contributed by atoms with E-state index >= 15 is 0 Å². The average Bonchev–Trinajstić information content (AvgIpc) is 2.71. The zero-order chi connectivity index (χ0) is 23.3. The number of aliphatic hydroxyl groups excluding tert-OH is 1. The smallest absolute Gasteiger partial charge is 0.204 e. The number of hydrogen-bond acceptors (Lipinski definition) is 3. The lowest BCUT2D eigenvalue weighted by Crippen LogP contribution is -2.11. The van der Waals surface area contributed by atoms with Crippen LogP contribution in [0.2, 0.25) is 0 Å². The standard InChI is InChI=1S/C28H37NO2/c1-17(2)21-11-9-12-22(18(3)4)27(21)25(30)15-29-16-26(31)28-23(19(5)6)13-10-14-24(28)20(7)8/h9-20,30H,1-8H3/b25-15-,29-16?.